The summed E-state index contributed by atoms with van der Waals surface area (Å²) in [7, 11) is 0. The Kier molecular flexibility index (Phi) is 9.25. The van der Waals surface area contributed by atoms with E-state index in [-0.39, 0.29) is 17.7 Å². The molecular weight excluding hydrogens is 300 g/mol. The zero-order valence-electron chi connectivity index (χ0n) is 14.7. The van der Waals surface area contributed by atoms with Crippen molar-refractivity contribution < 1.29 is 2.85 Å². The fourth-order valence-electron chi connectivity index (χ4n) is 4.37. The molecule has 1 aromatic rings. The van der Waals surface area contributed by atoms with Crippen LogP contribution in [0.25, 0.3) is 0 Å². The summed E-state index contributed by atoms with van der Waals surface area (Å²) in [6.07, 6.45) is 18.2. The summed E-state index contributed by atoms with van der Waals surface area (Å²) in [6, 6.07) is 9.21. The lowest BCUT2D eigenvalue weighted by Gasteiger charge is -2.28. The molecule has 0 heteroatoms. The average Bonchev–Trinajstić information content (AvgIpc) is 2.61. The first-order valence-electron chi connectivity index (χ1n) is 9.62. The Hall–Kier alpha value is -1.30. The van der Waals surface area contributed by atoms with Gasteiger partial charge in [0, 0.05) is 2.85 Å². The van der Waals surface area contributed by atoms with Gasteiger partial charge in [-0.3, -0.25) is 0 Å². The molecule has 2 aliphatic carbocycles. The minimum atomic E-state index is 0. The number of allylic oxidation sites excluding steroid dienone is 3. The van der Waals surface area contributed by atoms with Crippen LogP contribution in [-0.2, 0) is 0 Å². The SMILES string of the molecule is C.C.C=CC1CCC(/C=C/C2CCC(c3ccc(C)cc3)CC2)CC1.[HH].[HH]. The highest BCUT2D eigenvalue weighted by molar-refractivity contribution is 5.25. The molecule has 0 spiro atoms. The first kappa shape index (κ1) is 21.7. The number of aryl methyl sites for hydroxylation is 1. The zero-order valence-corrected chi connectivity index (χ0v) is 14.7. The molecular formula is C25H44. The fourth-order valence-corrected chi connectivity index (χ4v) is 4.37. The summed E-state index contributed by atoms with van der Waals surface area (Å²) in [5.41, 5.74) is 2.93. The van der Waals surface area contributed by atoms with E-state index < -0.39 is 0 Å². The second kappa shape index (κ2) is 10.6. The number of hydrogen-bond acceptors (Lipinski definition) is 0. The molecule has 0 unspecified atom stereocenters. The highest BCUT2D eigenvalue weighted by Gasteiger charge is 2.22. The first-order chi connectivity index (χ1) is 11.2. The van der Waals surface area contributed by atoms with E-state index in [9.17, 15) is 0 Å². The van der Waals surface area contributed by atoms with E-state index in [1.54, 1.807) is 5.56 Å². The maximum atomic E-state index is 3.95. The Morgan fingerprint density at radius 3 is 1.68 bits per heavy atom. The van der Waals surface area contributed by atoms with E-state index in [4.69, 9.17) is 0 Å². The summed E-state index contributed by atoms with van der Waals surface area (Å²) in [5.74, 6) is 3.24. The van der Waals surface area contributed by atoms with Gasteiger partial charge in [0.15, 0.2) is 0 Å². The topological polar surface area (TPSA) is 0 Å². The van der Waals surface area contributed by atoms with Gasteiger partial charge in [-0.25, -0.2) is 0 Å². The van der Waals surface area contributed by atoms with Crippen LogP contribution in [0.15, 0.2) is 49.1 Å². The number of rotatable bonds is 4. The standard InChI is InChI=1S/C23H32.2CH4.2H2/c1-3-19-6-8-20(9-7-19)10-11-21-12-16-23(17-13-21)22-14-4-18(2)5-15-22;;;;/h3-5,10-11,14-15,19-21,23H,1,6-9,12-13,16-17H2,2H3;2*1H4;2*1H/b11-10+;;;;. The van der Waals surface area contributed by atoms with Crippen molar-refractivity contribution in [2.75, 3.05) is 0 Å². The zero-order chi connectivity index (χ0) is 16.1. The third-order valence-electron chi connectivity index (χ3n) is 6.13. The molecule has 25 heavy (non-hydrogen) atoms. The van der Waals surface area contributed by atoms with Gasteiger partial charge in [0.05, 0.1) is 0 Å². The highest BCUT2D eigenvalue weighted by Crippen LogP contribution is 2.37. The van der Waals surface area contributed by atoms with E-state index in [2.05, 4.69) is 56.0 Å². The maximum absolute atomic E-state index is 3.95. The monoisotopic (exact) mass is 344 g/mol. The van der Waals surface area contributed by atoms with Gasteiger partial charge in [-0.1, -0.05) is 62.9 Å². The number of benzene rings is 1. The molecule has 0 nitrogen and oxygen atoms in total. The van der Waals surface area contributed by atoms with E-state index in [0.717, 1.165) is 23.7 Å². The second-order valence-electron chi connectivity index (χ2n) is 7.82. The third-order valence-corrected chi connectivity index (χ3v) is 6.13. The van der Waals surface area contributed by atoms with Crippen molar-refractivity contribution in [3.05, 3.63) is 60.2 Å². The summed E-state index contributed by atoms with van der Waals surface area (Å²) in [6.45, 7) is 6.12. The van der Waals surface area contributed by atoms with Crippen LogP contribution in [0.2, 0.25) is 0 Å². The van der Waals surface area contributed by atoms with Crippen molar-refractivity contribution in [2.45, 2.75) is 79.1 Å². The van der Waals surface area contributed by atoms with Crippen LogP contribution in [0.5, 0.6) is 0 Å². The van der Waals surface area contributed by atoms with E-state index in [1.807, 2.05) is 0 Å². The molecule has 144 valence electrons. The van der Waals surface area contributed by atoms with Crippen LogP contribution in [-0.4, -0.2) is 0 Å². The smallest absolute Gasteiger partial charge is 0 e. The lowest BCUT2D eigenvalue weighted by atomic mass is 9.77. The fraction of sp³-hybridized carbons (Fsp3) is 0.600. The Balaban J connectivity index is 0. The Bertz CT molecular complexity index is 516. The Morgan fingerprint density at radius 1 is 0.760 bits per heavy atom. The molecule has 3 rings (SSSR count). The van der Waals surface area contributed by atoms with E-state index in [0.29, 0.717) is 0 Å². The molecule has 0 aromatic heterocycles. The van der Waals surface area contributed by atoms with Crippen LogP contribution in [0, 0.1) is 24.7 Å². The van der Waals surface area contributed by atoms with Crippen molar-refractivity contribution in [3.63, 3.8) is 0 Å². The summed E-state index contributed by atoms with van der Waals surface area (Å²) in [4.78, 5) is 0. The predicted molar refractivity (Wildman–Crippen MR) is 118 cm³/mol. The molecule has 0 N–H and O–H groups in total. The van der Waals surface area contributed by atoms with Gasteiger partial charge in [-0.05, 0) is 87.5 Å². The summed E-state index contributed by atoms with van der Waals surface area (Å²) >= 11 is 0. The molecule has 0 radical (unpaired) electrons. The van der Waals surface area contributed by atoms with Gasteiger partial charge in [-0.15, -0.1) is 6.58 Å². The molecule has 2 aliphatic rings. The Labute approximate surface area is 160 Å². The van der Waals surface area contributed by atoms with Crippen molar-refractivity contribution in [1.29, 1.82) is 0 Å². The highest BCUT2D eigenvalue weighted by atomic mass is 14.3. The van der Waals surface area contributed by atoms with E-state index >= 15 is 0 Å². The van der Waals surface area contributed by atoms with Gasteiger partial charge in [0.2, 0.25) is 0 Å². The minimum Gasteiger partial charge on any atom is -0.103 e. The quantitative estimate of drug-likeness (QED) is 0.480. The van der Waals surface area contributed by atoms with Crippen molar-refractivity contribution in [1.82, 2.24) is 0 Å². The Morgan fingerprint density at radius 2 is 1.20 bits per heavy atom. The van der Waals surface area contributed by atoms with Crippen molar-refractivity contribution in [2.24, 2.45) is 17.8 Å². The largest absolute Gasteiger partial charge is 0.103 e. The molecule has 2 saturated carbocycles. The van der Waals surface area contributed by atoms with Crippen LogP contribution >= 0.6 is 0 Å². The van der Waals surface area contributed by atoms with Gasteiger partial charge in [-0.2, -0.15) is 0 Å². The molecule has 0 bridgehead atoms. The number of hydrogen-bond donors (Lipinski definition) is 0. The van der Waals surface area contributed by atoms with Gasteiger partial charge in [0.25, 0.3) is 0 Å². The van der Waals surface area contributed by atoms with Crippen LogP contribution in [0.1, 0.15) is 86.1 Å². The normalized spacial score (nSPS) is 29.5. The molecule has 0 heterocycles. The molecule has 2 fully saturated rings. The lowest BCUT2D eigenvalue weighted by molar-refractivity contribution is 0.349. The average molecular weight is 345 g/mol. The lowest BCUT2D eigenvalue weighted by Crippen LogP contribution is -2.13. The van der Waals surface area contributed by atoms with Crippen molar-refractivity contribution >= 4 is 0 Å². The molecule has 0 amide bonds. The summed E-state index contributed by atoms with van der Waals surface area (Å²) in [5, 5.41) is 0. The molecule has 0 aliphatic heterocycles. The summed E-state index contributed by atoms with van der Waals surface area (Å²) < 4.78 is 0. The van der Waals surface area contributed by atoms with Crippen LogP contribution < -0.4 is 0 Å². The predicted octanol–water partition coefficient (Wildman–Crippen LogP) is 8.58. The maximum Gasteiger partial charge on any atom is 0 e. The van der Waals surface area contributed by atoms with Gasteiger partial charge < -0.3 is 0 Å². The molecule has 1 aromatic carbocycles. The van der Waals surface area contributed by atoms with Crippen LogP contribution in [0.4, 0.5) is 0 Å². The third kappa shape index (κ3) is 6.17. The van der Waals surface area contributed by atoms with Crippen molar-refractivity contribution in [3.8, 4) is 0 Å². The molecule has 0 atom stereocenters. The van der Waals surface area contributed by atoms with Gasteiger partial charge in [0.1, 0.15) is 0 Å². The van der Waals surface area contributed by atoms with E-state index in [1.165, 1.54) is 56.9 Å². The first-order valence-corrected chi connectivity index (χ1v) is 9.62. The second-order valence-corrected chi connectivity index (χ2v) is 7.82. The molecule has 0 saturated heterocycles. The van der Waals surface area contributed by atoms with Gasteiger partial charge >= 0.3 is 0 Å². The van der Waals surface area contributed by atoms with Crippen LogP contribution in [0.3, 0.4) is 0 Å². The minimum absolute atomic E-state index is 0.